The van der Waals surface area contributed by atoms with Crippen molar-refractivity contribution in [2.75, 3.05) is 19.8 Å². The molecule has 0 amide bonds. The average Bonchev–Trinajstić information content (AvgIpc) is 2.97. The first-order chi connectivity index (χ1) is 10.0. The van der Waals surface area contributed by atoms with E-state index in [4.69, 9.17) is 9.47 Å². The van der Waals surface area contributed by atoms with Gasteiger partial charge in [0, 0.05) is 19.2 Å². The standard InChI is InChI=1S/C14H20BrNO4S/c1-2-7-20-14-9-12(5-6-13(14)15)21(17,18)16-10-11-4-3-8-19-11/h5-6,9,11,16H,2-4,7-8,10H2,1H3/t11-/m0/s1. The zero-order chi connectivity index (χ0) is 15.3. The van der Waals surface area contributed by atoms with Crippen LogP contribution in [0.25, 0.3) is 0 Å². The molecule has 0 bridgehead atoms. The molecule has 5 nitrogen and oxygen atoms in total. The molecular weight excluding hydrogens is 358 g/mol. The van der Waals surface area contributed by atoms with Gasteiger partial charge in [-0.25, -0.2) is 13.1 Å². The Bertz CT molecular complexity index is 570. The maximum atomic E-state index is 12.3. The summed E-state index contributed by atoms with van der Waals surface area (Å²) in [7, 11) is -3.54. The maximum absolute atomic E-state index is 12.3. The Hall–Kier alpha value is -0.630. The third kappa shape index (κ3) is 4.67. The Labute approximate surface area is 134 Å². The van der Waals surface area contributed by atoms with Crippen LogP contribution < -0.4 is 9.46 Å². The summed E-state index contributed by atoms with van der Waals surface area (Å²) in [6.07, 6.45) is 2.72. The third-order valence-electron chi connectivity index (χ3n) is 3.20. The van der Waals surface area contributed by atoms with Gasteiger partial charge in [0.05, 0.1) is 22.1 Å². The fourth-order valence-electron chi connectivity index (χ4n) is 2.06. The summed E-state index contributed by atoms with van der Waals surface area (Å²) in [5, 5.41) is 0. The maximum Gasteiger partial charge on any atom is 0.240 e. The third-order valence-corrected chi connectivity index (χ3v) is 5.28. The summed E-state index contributed by atoms with van der Waals surface area (Å²) in [6, 6.07) is 4.78. The van der Waals surface area contributed by atoms with Gasteiger partial charge in [-0.15, -0.1) is 0 Å². The number of ether oxygens (including phenoxy) is 2. The van der Waals surface area contributed by atoms with Crippen molar-refractivity contribution in [2.45, 2.75) is 37.2 Å². The van der Waals surface area contributed by atoms with Crippen LogP contribution in [0.1, 0.15) is 26.2 Å². The number of hydrogen-bond donors (Lipinski definition) is 1. The highest BCUT2D eigenvalue weighted by molar-refractivity contribution is 9.10. The van der Waals surface area contributed by atoms with E-state index in [-0.39, 0.29) is 11.0 Å². The highest BCUT2D eigenvalue weighted by Crippen LogP contribution is 2.28. The number of sulfonamides is 1. The highest BCUT2D eigenvalue weighted by Gasteiger charge is 2.21. The van der Waals surface area contributed by atoms with Crippen LogP contribution in [0.3, 0.4) is 0 Å². The van der Waals surface area contributed by atoms with Crippen LogP contribution >= 0.6 is 15.9 Å². The molecule has 2 rings (SSSR count). The van der Waals surface area contributed by atoms with Crippen molar-refractivity contribution in [1.29, 1.82) is 0 Å². The van der Waals surface area contributed by atoms with Gasteiger partial charge in [-0.2, -0.15) is 0 Å². The number of halogens is 1. The first-order valence-electron chi connectivity index (χ1n) is 7.06. The van der Waals surface area contributed by atoms with Crippen molar-refractivity contribution < 1.29 is 17.9 Å². The lowest BCUT2D eigenvalue weighted by atomic mass is 10.2. The fourth-order valence-corrected chi connectivity index (χ4v) is 3.51. The first kappa shape index (κ1) is 16.7. The molecule has 118 valence electrons. The molecule has 0 aromatic heterocycles. The number of hydrogen-bond acceptors (Lipinski definition) is 4. The lowest BCUT2D eigenvalue weighted by Crippen LogP contribution is -2.31. The van der Waals surface area contributed by atoms with E-state index in [0.717, 1.165) is 23.7 Å². The van der Waals surface area contributed by atoms with Crippen LogP contribution in [-0.4, -0.2) is 34.3 Å². The Morgan fingerprint density at radius 2 is 2.29 bits per heavy atom. The number of nitrogens with one attached hydrogen (secondary N) is 1. The van der Waals surface area contributed by atoms with E-state index >= 15 is 0 Å². The molecule has 1 N–H and O–H groups in total. The number of benzene rings is 1. The Kier molecular flexibility index (Phi) is 6.04. The Morgan fingerprint density at radius 3 is 2.95 bits per heavy atom. The van der Waals surface area contributed by atoms with Crippen molar-refractivity contribution in [2.24, 2.45) is 0 Å². The van der Waals surface area contributed by atoms with Crippen LogP contribution in [0.5, 0.6) is 5.75 Å². The predicted octanol–water partition coefficient (Wildman–Crippen LogP) is 2.70. The SMILES string of the molecule is CCCOc1cc(S(=O)(=O)NC[C@@H]2CCCO2)ccc1Br. The highest BCUT2D eigenvalue weighted by atomic mass is 79.9. The summed E-state index contributed by atoms with van der Waals surface area (Å²) in [5.74, 6) is 0.539. The van der Waals surface area contributed by atoms with Gasteiger partial charge in [-0.1, -0.05) is 6.92 Å². The smallest absolute Gasteiger partial charge is 0.240 e. The lowest BCUT2D eigenvalue weighted by Gasteiger charge is -2.13. The van der Waals surface area contributed by atoms with E-state index in [9.17, 15) is 8.42 Å². The second kappa shape index (κ2) is 7.58. The molecule has 1 aromatic rings. The molecule has 1 aliphatic rings. The molecule has 1 saturated heterocycles. The summed E-state index contributed by atoms with van der Waals surface area (Å²) in [5.41, 5.74) is 0. The topological polar surface area (TPSA) is 64.6 Å². The molecule has 1 fully saturated rings. The molecule has 1 aromatic carbocycles. The van der Waals surface area contributed by atoms with Crippen molar-refractivity contribution in [3.63, 3.8) is 0 Å². The number of rotatable bonds is 7. The molecule has 1 aliphatic heterocycles. The van der Waals surface area contributed by atoms with Gasteiger partial charge in [0.15, 0.2) is 0 Å². The minimum absolute atomic E-state index is 0.0222. The van der Waals surface area contributed by atoms with Crippen LogP contribution in [0.2, 0.25) is 0 Å². The van der Waals surface area contributed by atoms with Crippen molar-refractivity contribution in [3.8, 4) is 5.75 Å². The van der Waals surface area contributed by atoms with Crippen LogP contribution in [0.4, 0.5) is 0 Å². The average molecular weight is 378 g/mol. The van der Waals surface area contributed by atoms with Gasteiger partial charge in [-0.3, -0.25) is 0 Å². The summed E-state index contributed by atoms with van der Waals surface area (Å²) >= 11 is 3.36. The first-order valence-corrected chi connectivity index (χ1v) is 9.34. The van der Waals surface area contributed by atoms with E-state index in [0.29, 0.717) is 25.5 Å². The molecule has 7 heteroatoms. The second-order valence-corrected chi connectivity index (χ2v) is 7.55. The Morgan fingerprint density at radius 1 is 1.48 bits per heavy atom. The molecule has 21 heavy (non-hydrogen) atoms. The normalized spacial score (nSPS) is 18.9. The van der Waals surface area contributed by atoms with Crippen molar-refractivity contribution >= 4 is 26.0 Å². The fraction of sp³-hybridized carbons (Fsp3) is 0.571. The van der Waals surface area contributed by atoms with Gasteiger partial charge in [0.2, 0.25) is 10.0 Å². The summed E-state index contributed by atoms with van der Waals surface area (Å²) in [4.78, 5) is 0.204. The van der Waals surface area contributed by atoms with Crippen molar-refractivity contribution in [1.82, 2.24) is 4.72 Å². The van der Waals surface area contributed by atoms with E-state index in [1.165, 1.54) is 6.07 Å². The zero-order valence-corrected chi connectivity index (χ0v) is 14.4. The molecule has 1 heterocycles. The van der Waals surface area contributed by atoms with E-state index in [2.05, 4.69) is 20.7 Å². The van der Waals surface area contributed by atoms with Gasteiger partial charge in [0.1, 0.15) is 5.75 Å². The molecule has 0 saturated carbocycles. The van der Waals surface area contributed by atoms with Gasteiger partial charge >= 0.3 is 0 Å². The van der Waals surface area contributed by atoms with Crippen LogP contribution in [0, 0.1) is 0 Å². The van der Waals surface area contributed by atoms with Gasteiger partial charge in [-0.05, 0) is 47.3 Å². The second-order valence-electron chi connectivity index (χ2n) is 4.93. The molecule has 0 radical (unpaired) electrons. The van der Waals surface area contributed by atoms with Crippen LogP contribution in [-0.2, 0) is 14.8 Å². The minimum Gasteiger partial charge on any atom is -0.492 e. The van der Waals surface area contributed by atoms with E-state index in [1.54, 1.807) is 12.1 Å². The lowest BCUT2D eigenvalue weighted by molar-refractivity contribution is 0.114. The summed E-state index contributed by atoms with van der Waals surface area (Å²) in [6.45, 7) is 3.56. The van der Waals surface area contributed by atoms with Crippen molar-refractivity contribution in [3.05, 3.63) is 22.7 Å². The predicted molar refractivity (Wildman–Crippen MR) is 84.1 cm³/mol. The summed E-state index contributed by atoms with van der Waals surface area (Å²) < 4.78 is 38.9. The largest absolute Gasteiger partial charge is 0.492 e. The van der Waals surface area contributed by atoms with E-state index in [1.807, 2.05) is 6.92 Å². The molecule has 1 atom stereocenters. The van der Waals surface area contributed by atoms with Gasteiger partial charge in [0.25, 0.3) is 0 Å². The molecule has 0 spiro atoms. The minimum atomic E-state index is -3.54. The molecule has 0 unspecified atom stereocenters. The van der Waals surface area contributed by atoms with Gasteiger partial charge < -0.3 is 9.47 Å². The molecular formula is C14H20BrNO4S. The van der Waals surface area contributed by atoms with Crippen LogP contribution in [0.15, 0.2) is 27.6 Å². The molecule has 0 aliphatic carbocycles. The quantitative estimate of drug-likeness (QED) is 0.793. The monoisotopic (exact) mass is 377 g/mol. The Balaban J connectivity index is 2.07. The van der Waals surface area contributed by atoms with E-state index < -0.39 is 10.0 Å². The zero-order valence-electron chi connectivity index (χ0n) is 12.0.